The van der Waals surface area contributed by atoms with E-state index in [0.717, 1.165) is 31.4 Å². The number of hydrogen-bond donors (Lipinski definition) is 0. The highest BCUT2D eigenvalue weighted by molar-refractivity contribution is 6.28. The van der Waals surface area contributed by atoms with Crippen LogP contribution in [0.2, 0.25) is 5.28 Å². The molecule has 2 aromatic rings. The zero-order chi connectivity index (χ0) is 16.6. The molecule has 0 aromatic carbocycles. The van der Waals surface area contributed by atoms with Gasteiger partial charge in [-0.25, -0.2) is 9.78 Å². The Labute approximate surface area is 141 Å². The highest BCUT2D eigenvalue weighted by Gasteiger charge is 2.27. The Balaban J connectivity index is 1.65. The first kappa shape index (κ1) is 16.1. The topological polar surface area (TPSA) is 46.8 Å². The van der Waals surface area contributed by atoms with Crippen LogP contribution in [0.15, 0.2) is 24.5 Å². The highest BCUT2D eigenvalue weighted by Crippen LogP contribution is 2.30. The summed E-state index contributed by atoms with van der Waals surface area (Å²) in [7, 11) is 0. The van der Waals surface area contributed by atoms with E-state index in [1.54, 1.807) is 11.1 Å². The van der Waals surface area contributed by atoms with Crippen LogP contribution in [0, 0.1) is 0 Å². The molecule has 0 unspecified atom stereocenters. The molecule has 1 amide bonds. The molecule has 0 bridgehead atoms. The second-order valence-corrected chi connectivity index (χ2v) is 7.36. The number of aromatic nitrogens is 2. The van der Waals surface area contributed by atoms with E-state index in [2.05, 4.69) is 17.1 Å². The Hall–Kier alpha value is -1.75. The number of amides is 1. The van der Waals surface area contributed by atoms with Crippen molar-refractivity contribution in [2.24, 2.45) is 0 Å². The average molecular weight is 336 g/mol. The first-order chi connectivity index (χ1) is 10.8. The lowest BCUT2D eigenvalue weighted by atomic mass is 9.90. The van der Waals surface area contributed by atoms with Gasteiger partial charge in [0.25, 0.3) is 0 Å². The van der Waals surface area contributed by atoms with Crippen LogP contribution >= 0.6 is 11.6 Å². The molecule has 3 rings (SSSR count). The molecule has 1 aliphatic rings. The summed E-state index contributed by atoms with van der Waals surface area (Å²) in [6.07, 6.45) is 5.41. The molecule has 0 N–H and O–H groups in total. The average Bonchev–Trinajstić information content (AvgIpc) is 2.87. The Bertz CT molecular complexity index is 712. The van der Waals surface area contributed by atoms with Crippen LogP contribution in [0.4, 0.5) is 4.79 Å². The molecule has 5 nitrogen and oxygen atoms in total. The van der Waals surface area contributed by atoms with Crippen LogP contribution in [0.25, 0.3) is 5.52 Å². The standard InChI is InChI=1S/C17H22ClN3O2/c1-17(2,3)23-16(22)20-7-4-12(5-8-20)13-6-9-21-14(10-13)11-19-15(21)18/h6,9-12H,4-5,7-8H2,1-3H3. The van der Waals surface area contributed by atoms with E-state index in [1.807, 2.05) is 31.4 Å². The maximum Gasteiger partial charge on any atom is 0.410 e. The van der Waals surface area contributed by atoms with Crippen LogP contribution in [0.3, 0.4) is 0 Å². The first-order valence-electron chi connectivity index (χ1n) is 7.94. The van der Waals surface area contributed by atoms with Gasteiger partial charge in [-0.3, -0.25) is 4.40 Å². The van der Waals surface area contributed by atoms with Crippen molar-refractivity contribution < 1.29 is 9.53 Å². The van der Waals surface area contributed by atoms with Gasteiger partial charge in [-0.1, -0.05) is 0 Å². The van der Waals surface area contributed by atoms with Crippen LogP contribution in [0.5, 0.6) is 0 Å². The van der Waals surface area contributed by atoms with Gasteiger partial charge in [-0.2, -0.15) is 0 Å². The van der Waals surface area contributed by atoms with Gasteiger partial charge in [0, 0.05) is 19.3 Å². The van der Waals surface area contributed by atoms with Crippen LogP contribution in [0.1, 0.15) is 45.1 Å². The Kier molecular flexibility index (Phi) is 4.23. The molecule has 23 heavy (non-hydrogen) atoms. The molecule has 0 radical (unpaired) electrons. The molecule has 1 aliphatic heterocycles. The Morgan fingerprint density at radius 1 is 1.35 bits per heavy atom. The van der Waals surface area contributed by atoms with Crippen molar-refractivity contribution in [3.8, 4) is 0 Å². The van der Waals surface area contributed by atoms with Crippen molar-refractivity contribution >= 4 is 23.2 Å². The predicted molar refractivity (Wildman–Crippen MR) is 90.0 cm³/mol. The van der Waals surface area contributed by atoms with Gasteiger partial charge in [0.15, 0.2) is 0 Å². The summed E-state index contributed by atoms with van der Waals surface area (Å²) < 4.78 is 7.30. The molecule has 124 valence electrons. The van der Waals surface area contributed by atoms with Gasteiger partial charge >= 0.3 is 6.09 Å². The molecule has 6 heteroatoms. The summed E-state index contributed by atoms with van der Waals surface area (Å²) in [6.45, 7) is 7.13. The maximum absolute atomic E-state index is 12.1. The van der Waals surface area contributed by atoms with Crippen molar-refractivity contribution in [2.45, 2.75) is 45.1 Å². The summed E-state index contributed by atoms with van der Waals surface area (Å²) in [6, 6.07) is 4.22. The number of rotatable bonds is 1. The van der Waals surface area contributed by atoms with Crippen LogP contribution in [-0.4, -0.2) is 39.1 Å². The molecular weight excluding hydrogens is 314 g/mol. The van der Waals surface area contributed by atoms with E-state index in [1.165, 1.54) is 5.56 Å². The normalized spacial score (nSPS) is 16.8. The second-order valence-electron chi connectivity index (χ2n) is 7.02. The number of ether oxygens (including phenoxy) is 1. The van der Waals surface area contributed by atoms with Crippen molar-refractivity contribution in [1.29, 1.82) is 0 Å². The van der Waals surface area contributed by atoms with E-state index in [-0.39, 0.29) is 6.09 Å². The fourth-order valence-corrected chi connectivity index (χ4v) is 3.16. The fraction of sp³-hybridized carbons (Fsp3) is 0.529. The second kappa shape index (κ2) is 6.04. The van der Waals surface area contributed by atoms with E-state index in [0.29, 0.717) is 11.2 Å². The molecule has 1 fully saturated rings. The van der Waals surface area contributed by atoms with Crippen molar-refractivity contribution in [3.05, 3.63) is 35.4 Å². The Morgan fingerprint density at radius 2 is 2.04 bits per heavy atom. The van der Waals surface area contributed by atoms with E-state index in [9.17, 15) is 4.79 Å². The van der Waals surface area contributed by atoms with E-state index >= 15 is 0 Å². The molecule has 0 atom stereocenters. The number of pyridine rings is 1. The van der Waals surface area contributed by atoms with Crippen molar-refractivity contribution in [2.75, 3.05) is 13.1 Å². The zero-order valence-electron chi connectivity index (χ0n) is 13.8. The van der Waals surface area contributed by atoms with Gasteiger partial charge in [0.1, 0.15) is 5.60 Å². The fourth-order valence-electron chi connectivity index (χ4n) is 2.96. The zero-order valence-corrected chi connectivity index (χ0v) is 14.5. The molecule has 0 saturated carbocycles. The molecule has 0 aliphatic carbocycles. The number of nitrogens with zero attached hydrogens (tertiary/aromatic N) is 3. The van der Waals surface area contributed by atoms with Gasteiger partial charge in [-0.15, -0.1) is 0 Å². The van der Waals surface area contributed by atoms with Crippen LogP contribution in [-0.2, 0) is 4.74 Å². The number of carbonyl (C=O) groups excluding carboxylic acids is 1. The largest absolute Gasteiger partial charge is 0.444 e. The van der Waals surface area contributed by atoms with Crippen LogP contribution < -0.4 is 0 Å². The summed E-state index contributed by atoms with van der Waals surface area (Å²) in [5.41, 5.74) is 1.83. The number of halogens is 1. The summed E-state index contributed by atoms with van der Waals surface area (Å²) in [5, 5.41) is 0.478. The quantitative estimate of drug-likeness (QED) is 0.788. The van der Waals surface area contributed by atoms with Gasteiger partial charge in [0.2, 0.25) is 5.28 Å². The van der Waals surface area contributed by atoms with E-state index in [4.69, 9.17) is 16.3 Å². The molecule has 0 spiro atoms. The molecule has 2 aromatic heterocycles. The number of hydrogen-bond acceptors (Lipinski definition) is 3. The van der Waals surface area contributed by atoms with Crippen molar-refractivity contribution in [3.63, 3.8) is 0 Å². The lowest BCUT2D eigenvalue weighted by Gasteiger charge is -2.33. The SMILES string of the molecule is CC(C)(C)OC(=O)N1CCC(c2ccn3c(Cl)ncc3c2)CC1. The minimum absolute atomic E-state index is 0.214. The number of imidazole rings is 1. The maximum atomic E-state index is 12.1. The summed E-state index contributed by atoms with van der Waals surface area (Å²) in [5.74, 6) is 0.451. The number of piperidine rings is 1. The van der Waals surface area contributed by atoms with Gasteiger partial charge < -0.3 is 9.64 Å². The Morgan fingerprint density at radius 3 is 2.70 bits per heavy atom. The molecular formula is C17H22ClN3O2. The number of likely N-dealkylation sites (tertiary alicyclic amines) is 1. The minimum atomic E-state index is -0.444. The summed E-state index contributed by atoms with van der Waals surface area (Å²) >= 11 is 6.01. The van der Waals surface area contributed by atoms with Gasteiger partial charge in [0.05, 0.1) is 11.7 Å². The molecule has 3 heterocycles. The monoisotopic (exact) mass is 335 g/mol. The summed E-state index contributed by atoms with van der Waals surface area (Å²) in [4.78, 5) is 18.0. The highest BCUT2D eigenvalue weighted by atomic mass is 35.5. The minimum Gasteiger partial charge on any atom is -0.444 e. The number of fused-ring (bicyclic) bond motifs is 1. The van der Waals surface area contributed by atoms with Crippen molar-refractivity contribution in [1.82, 2.24) is 14.3 Å². The molecule has 1 saturated heterocycles. The predicted octanol–water partition coefficient (Wildman–Crippen LogP) is 4.10. The lowest BCUT2D eigenvalue weighted by Crippen LogP contribution is -2.41. The number of carbonyl (C=O) groups is 1. The third kappa shape index (κ3) is 3.61. The third-order valence-electron chi connectivity index (χ3n) is 4.13. The lowest BCUT2D eigenvalue weighted by molar-refractivity contribution is 0.0205. The third-order valence-corrected chi connectivity index (χ3v) is 4.41. The first-order valence-corrected chi connectivity index (χ1v) is 8.32. The smallest absolute Gasteiger partial charge is 0.410 e. The van der Waals surface area contributed by atoms with E-state index < -0.39 is 5.60 Å². The van der Waals surface area contributed by atoms with Gasteiger partial charge in [-0.05, 0) is 68.8 Å².